The topological polar surface area (TPSA) is 43.9 Å². The molecule has 0 saturated carbocycles. The normalized spacial score (nSPS) is 18.2. The number of carbonyl (C=O) groups excluding carboxylic acids is 2. The maximum Gasteiger partial charge on any atom is 0.261 e. The molecule has 2 amide bonds. The molecule has 152 valence electrons. The Morgan fingerprint density at radius 1 is 0.759 bits per heavy atom. The SMILES string of the molecule is O=C1c2ccccc2C(=O)N1CCCN1CCCN(Cc2ccccc2F)CC1. The number of halogens is 1. The number of fused-ring (bicyclic) bond motifs is 1. The fraction of sp³-hybridized carbons (Fsp3) is 0.391. The van der Waals surface area contributed by atoms with Crippen molar-refractivity contribution in [2.24, 2.45) is 0 Å². The van der Waals surface area contributed by atoms with Crippen molar-refractivity contribution in [1.82, 2.24) is 14.7 Å². The van der Waals surface area contributed by atoms with E-state index in [4.69, 9.17) is 0 Å². The molecule has 2 heterocycles. The molecule has 0 spiro atoms. The summed E-state index contributed by atoms with van der Waals surface area (Å²) >= 11 is 0. The summed E-state index contributed by atoms with van der Waals surface area (Å²) in [5.41, 5.74) is 1.76. The van der Waals surface area contributed by atoms with Crippen molar-refractivity contribution in [2.75, 3.05) is 39.3 Å². The summed E-state index contributed by atoms with van der Waals surface area (Å²) in [7, 11) is 0. The van der Waals surface area contributed by atoms with Gasteiger partial charge in [-0.25, -0.2) is 4.39 Å². The first kappa shape index (κ1) is 19.7. The van der Waals surface area contributed by atoms with Gasteiger partial charge in [-0.05, 0) is 50.7 Å². The number of carbonyl (C=O) groups is 2. The fourth-order valence-electron chi connectivity index (χ4n) is 4.17. The Balaban J connectivity index is 1.25. The molecule has 2 aromatic rings. The third-order valence-corrected chi connectivity index (χ3v) is 5.77. The molecule has 4 rings (SSSR count). The van der Waals surface area contributed by atoms with Gasteiger partial charge in [-0.1, -0.05) is 30.3 Å². The van der Waals surface area contributed by atoms with Crippen LogP contribution in [0.4, 0.5) is 4.39 Å². The first-order valence-corrected chi connectivity index (χ1v) is 10.3. The first-order chi connectivity index (χ1) is 14.1. The molecule has 0 bridgehead atoms. The average Bonchev–Trinajstić information content (AvgIpc) is 2.88. The quantitative estimate of drug-likeness (QED) is 0.706. The van der Waals surface area contributed by atoms with Crippen LogP contribution in [0.15, 0.2) is 48.5 Å². The molecule has 2 aliphatic rings. The van der Waals surface area contributed by atoms with Crippen LogP contribution in [-0.2, 0) is 6.54 Å². The largest absolute Gasteiger partial charge is 0.302 e. The van der Waals surface area contributed by atoms with E-state index < -0.39 is 0 Å². The molecular weight excluding hydrogens is 369 g/mol. The summed E-state index contributed by atoms with van der Waals surface area (Å²) < 4.78 is 13.9. The highest BCUT2D eigenvalue weighted by atomic mass is 19.1. The van der Waals surface area contributed by atoms with Crippen molar-refractivity contribution in [3.63, 3.8) is 0 Å². The first-order valence-electron chi connectivity index (χ1n) is 10.3. The van der Waals surface area contributed by atoms with Gasteiger partial charge in [0.25, 0.3) is 11.8 Å². The Kier molecular flexibility index (Phi) is 6.02. The molecule has 6 heteroatoms. The number of amides is 2. The smallest absolute Gasteiger partial charge is 0.261 e. The molecule has 0 radical (unpaired) electrons. The third kappa shape index (κ3) is 4.38. The van der Waals surface area contributed by atoms with E-state index in [2.05, 4.69) is 9.80 Å². The Bertz CT molecular complexity index is 866. The van der Waals surface area contributed by atoms with Gasteiger partial charge >= 0.3 is 0 Å². The van der Waals surface area contributed by atoms with Crippen molar-refractivity contribution in [3.05, 3.63) is 71.0 Å². The van der Waals surface area contributed by atoms with Gasteiger partial charge in [0, 0.05) is 31.7 Å². The second kappa shape index (κ2) is 8.84. The standard InChI is InChI=1S/C23H26FN3O2/c24-21-10-4-1-7-18(21)17-26-13-5-11-25(15-16-26)12-6-14-27-22(28)19-8-2-3-9-20(19)23(27)29/h1-4,7-10H,5-6,11-17H2. The third-order valence-electron chi connectivity index (χ3n) is 5.77. The summed E-state index contributed by atoms with van der Waals surface area (Å²) in [4.78, 5) is 30.9. The molecule has 0 aliphatic carbocycles. The molecule has 0 N–H and O–H groups in total. The lowest BCUT2D eigenvalue weighted by molar-refractivity contribution is 0.0647. The zero-order valence-corrected chi connectivity index (χ0v) is 16.5. The van der Waals surface area contributed by atoms with Crippen molar-refractivity contribution in [1.29, 1.82) is 0 Å². The number of nitrogens with zero attached hydrogens (tertiary/aromatic N) is 3. The summed E-state index contributed by atoms with van der Waals surface area (Å²) in [5, 5.41) is 0. The Hall–Kier alpha value is -2.57. The van der Waals surface area contributed by atoms with Crippen LogP contribution in [0.1, 0.15) is 39.1 Å². The highest BCUT2D eigenvalue weighted by Gasteiger charge is 2.34. The van der Waals surface area contributed by atoms with Crippen LogP contribution in [0.25, 0.3) is 0 Å². The summed E-state index contributed by atoms with van der Waals surface area (Å²) in [6.45, 7) is 5.66. The van der Waals surface area contributed by atoms with Crippen LogP contribution in [0.2, 0.25) is 0 Å². The van der Waals surface area contributed by atoms with Crippen molar-refractivity contribution in [2.45, 2.75) is 19.4 Å². The number of imide groups is 1. The number of hydrogen-bond acceptors (Lipinski definition) is 4. The molecule has 5 nitrogen and oxygen atoms in total. The summed E-state index contributed by atoms with van der Waals surface area (Å²) in [6.07, 6.45) is 1.79. The maximum absolute atomic E-state index is 13.9. The maximum atomic E-state index is 13.9. The molecule has 1 saturated heterocycles. The number of benzene rings is 2. The van der Waals surface area contributed by atoms with E-state index in [0.29, 0.717) is 24.2 Å². The van der Waals surface area contributed by atoms with Crippen LogP contribution >= 0.6 is 0 Å². The van der Waals surface area contributed by atoms with E-state index in [1.54, 1.807) is 30.3 Å². The van der Waals surface area contributed by atoms with Gasteiger partial charge < -0.3 is 4.90 Å². The summed E-state index contributed by atoms with van der Waals surface area (Å²) in [5.74, 6) is -0.510. The van der Waals surface area contributed by atoms with Crippen LogP contribution < -0.4 is 0 Å². The minimum absolute atomic E-state index is 0.144. The predicted octanol–water partition coefficient (Wildman–Crippen LogP) is 3.02. The molecule has 0 atom stereocenters. The van der Waals surface area contributed by atoms with Gasteiger partial charge in [-0.2, -0.15) is 0 Å². The Morgan fingerprint density at radius 3 is 2.10 bits per heavy atom. The van der Waals surface area contributed by atoms with Crippen LogP contribution in [-0.4, -0.2) is 65.8 Å². The molecule has 0 aromatic heterocycles. The zero-order valence-electron chi connectivity index (χ0n) is 16.5. The second-order valence-corrected chi connectivity index (χ2v) is 7.72. The van der Waals surface area contributed by atoms with Gasteiger partial charge in [-0.15, -0.1) is 0 Å². The van der Waals surface area contributed by atoms with Gasteiger partial charge in [0.15, 0.2) is 0 Å². The lowest BCUT2D eigenvalue weighted by Gasteiger charge is -2.23. The van der Waals surface area contributed by atoms with Crippen LogP contribution in [0.5, 0.6) is 0 Å². The summed E-state index contributed by atoms with van der Waals surface area (Å²) in [6, 6.07) is 14.0. The van der Waals surface area contributed by atoms with Crippen LogP contribution in [0, 0.1) is 5.82 Å². The Morgan fingerprint density at radius 2 is 1.38 bits per heavy atom. The number of hydrogen-bond donors (Lipinski definition) is 0. The average molecular weight is 395 g/mol. The minimum Gasteiger partial charge on any atom is -0.302 e. The lowest BCUT2D eigenvalue weighted by Crippen LogP contribution is -2.35. The van der Waals surface area contributed by atoms with Gasteiger partial charge in [-0.3, -0.25) is 19.4 Å². The highest BCUT2D eigenvalue weighted by Crippen LogP contribution is 2.22. The van der Waals surface area contributed by atoms with Gasteiger partial charge in [0.2, 0.25) is 0 Å². The molecule has 2 aromatic carbocycles. The van der Waals surface area contributed by atoms with E-state index in [1.807, 2.05) is 12.1 Å². The van der Waals surface area contributed by atoms with Gasteiger partial charge in [0.05, 0.1) is 11.1 Å². The number of rotatable bonds is 6. The van der Waals surface area contributed by atoms with E-state index in [0.717, 1.165) is 51.1 Å². The van der Waals surface area contributed by atoms with E-state index in [-0.39, 0.29) is 17.6 Å². The van der Waals surface area contributed by atoms with Crippen molar-refractivity contribution >= 4 is 11.8 Å². The van der Waals surface area contributed by atoms with Crippen molar-refractivity contribution < 1.29 is 14.0 Å². The molecular formula is C23H26FN3O2. The highest BCUT2D eigenvalue weighted by molar-refractivity contribution is 6.21. The Labute approximate surface area is 170 Å². The van der Waals surface area contributed by atoms with Crippen molar-refractivity contribution in [3.8, 4) is 0 Å². The second-order valence-electron chi connectivity index (χ2n) is 7.72. The van der Waals surface area contributed by atoms with E-state index in [9.17, 15) is 14.0 Å². The zero-order chi connectivity index (χ0) is 20.2. The monoisotopic (exact) mass is 395 g/mol. The molecule has 0 unspecified atom stereocenters. The molecule has 1 fully saturated rings. The molecule has 2 aliphatic heterocycles. The predicted molar refractivity (Wildman–Crippen MR) is 109 cm³/mol. The van der Waals surface area contributed by atoms with Crippen LogP contribution in [0.3, 0.4) is 0 Å². The van der Waals surface area contributed by atoms with E-state index in [1.165, 1.54) is 11.0 Å². The lowest BCUT2D eigenvalue weighted by atomic mass is 10.1. The fourth-order valence-corrected chi connectivity index (χ4v) is 4.17. The van der Waals surface area contributed by atoms with Gasteiger partial charge in [0.1, 0.15) is 5.82 Å². The minimum atomic E-state index is -0.183. The molecule has 29 heavy (non-hydrogen) atoms. The van der Waals surface area contributed by atoms with E-state index >= 15 is 0 Å².